The first-order chi connectivity index (χ1) is 12.9. The molecule has 0 radical (unpaired) electrons. The first-order valence-corrected chi connectivity index (χ1v) is 8.40. The fourth-order valence-electron chi connectivity index (χ4n) is 3.18. The van der Waals surface area contributed by atoms with Crippen LogP contribution in [0.2, 0.25) is 0 Å². The maximum absolute atomic E-state index is 12.9. The predicted molar refractivity (Wildman–Crippen MR) is 91.3 cm³/mol. The van der Waals surface area contributed by atoms with Gasteiger partial charge >= 0.3 is 6.18 Å². The number of rotatable bonds is 3. The van der Waals surface area contributed by atoms with Gasteiger partial charge in [-0.1, -0.05) is 18.2 Å². The van der Waals surface area contributed by atoms with Crippen molar-refractivity contribution in [3.05, 3.63) is 77.4 Å². The van der Waals surface area contributed by atoms with Crippen molar-refractivity contribution in [1.82, 2.24) is 20.1 Å². The normalized spacial score (nSPS) is 16.2. The van der Waals surface area contributed by atoms with Gasteiger partial charge < -0.3 is 5.32 Å². The lowest BCUT2D eigenvalue weighted by molar-refractivity contribution is -0.141. The van der Waals surface area contributed by atoms with Gasteiger partial charge in [0.15, 0.2) is 0 Å². The van der Waals surface area contributed by atoms with Crippen LogP contribution in [0.25, 0.3) is 5.69 Å². The highest BCUT2D eigenvalue weighted by Crippen LogP contribution is 2.32. The number of amides is 1. The van der Waals surface area contributed by atoms with Gasteiger partial charge in [0.25, 0.3) is 5.91 Å². The van der Waals surface area contributed by atoms with E-state index in [4.69, 9.17) is 0 Å². The number of nitrogens with zero attached hydrogens (tertiary/aromatic N) is 3. The smallest absolute Gasteiger partial charge is 0.345 e. The average Bonchev–Trinajstić information content (AvgIpc) is 3.24. The summed E-state index contributed by atoms with van der Waals surface area (Å²) in [5, 5.41) is 7.35. The van der Waals surface area contributed by atoms with Crippen LogP contribution in [-0.4, -0.2) is 20.7 Å². The van der Waals surface area contributed by atoms with E-state index >= 15 is 0 Å². The zero-order chi connectivity index (χ0) is 19.0. The molecule has 138 valence electrons. The number of hydrogen-bond acceptors (Lipinski definition) is 3. The summed E-state index contributed by atoms with van der Waals surface area (Å²) in [6.45, 7) is 0. The molecule has 1 unspecified atom stereocenters. The summed E-state index contributed by atoms with van der Waals surface area (Å²) in [6.07, 6.45) is -0.369. The Bertz CT molecular complexity index is 982. The molecule has 0 spiro atoms. The number of aryl methyl sites for hydroxylation is 1. The van der Waals surface area contributed by atoms with E-state index in [2.05, 4.69) is 15.4 Å². The van der Waals surface area contributed by atoms with Gasteiger partial charge in [-0.3, -0.25) is 9.78 Å². The highest BCUT2D eigenvalue weighted by molar-refractivity contribution is 5.94. The van der Waals surface area contributed by atoms with Gasteiger partial charge in [0.05, 0.1) is 17.4 Å². The molecule has 1 aliphatic rings. The molecule has 5 nitrogen and oxygen atoms in total. The highest BCUT2D eigenvalue weighted by atomic mass is 19.4. The molecule has 1 amide bonds. The minimum Gasteiger partial charge on any atom is -0.345 e. The molecule has 1 aromatic carbocycles. The quantitative estimate of drug-likeness (QED) is 0.763. The van der Waals surface area contributed by atoms with Gasteiger partial charge in [-0.2, -0.15) is 18.3 Å². The number of carbonyl (C=O) groups is 1. The second-order valence-electron chi connectivity index (χ2n) is 6.30. The topological polar surface area (TPSA) is 59.8 Å². The third-order valence-electron chi connectivity index (χ3n) is 4.51. The maximum Gasteiger partial charge on any atom is 0.433 e. The van der Waals surface area contributed by atoms with E-state index in [-0.39, 0.29) is 17.6 Å². The Morgan fingerprint density at radius 2 is 1.96 bits per heavy atom. The fourth-order valence-corrected chi connectivity index (χ4v) is 3.18. The molecule has 1 atom stereocenters. The predicted octanol–water partition coefficient (Wildman–Crippen LogP) is 3.70. The molecule has 0 aliphatic heterocycles. The Balaban J connectivity index is 1.58. The summed E-state index contributed by atoms with van der Waals surface area (Å²) in [7, 11) is 0. The summed E-state index contributed by atoms with van der Waals surface area (Å²) in [5.74, 6) is -0.190. The number of carbonyl (C=O) groups excluding carboxylic acids is 1. The standard InChI is InChI=1S/C19H15F3N4O/c20-19(21,22)17-10-13(8-9-23-17)26-11-14-15(6-7-16(14)25-26)24-18(27)12-4-2-1-3-5-12/h1-5,8-11,15H,6-7H2,(H,24,27). The van der Waals surface area contributed by atoms with Gasteiger partial charge in [0.2, 0.25) is 0 Å². The van der Waals surface area contributed by atoms with Crippen LogP contribution in [0.3, 0.4) is 0 Å². The molecule has 27 heavy (non-hydrogen) atoms. The van der Waals surface area contributed by atoms with Gasteiger partial charge in [-0.25, -0.2) is 4.68 Å². The Hall–Kier alpha value is -3.16. The molecule has 0 bridgehead atoms. The second kappa shape index (κ2) is 6.53. The highest BCUT2D eigenvalue weighted by Gasteiger charge is 2.33. The Labute approximate surface area is 152 Å². The van der Waals surface area contributed by atoms with Crippen molar-refractivity contribution in [3.63, 3.8) is 0 Å². The van der Waals surface area contributed by atoms with Crippen molar-refractivity contribution in [2.45, 2.75) is 25.1 Å². The van der Waals surface area contributed by atoms with Gasteiger partial charge in [-0.05, 0) is 37.1 Å². The summed E-state index contributed by atoms with van der Waals surface area (Å²) < 4.78 is 40.0. The zero-order valence-electron chi connectivity index (χ0n) is 14.1. The molecule has 1 aliphatic carbocycles. The van der Waals surface area contributed by atoms with Crippen LogP contribution < -0.4 is 5.32 Å². The second-order valence-corrected chi connectivity index (χ2v) is 6.30. The molecule has 0 saturated carbocycles. The van der Waals surface area contributed by atoms with Crippen LogP contribution in [0, 0.1) is 0 Å². The minimum atomic E-state index is -4.52. The average molecular weight is 372 g/mol. The van der Waals surface area contributed by atoms with Gasteiger partial charge in [0, 0.05) is 23.5 Å². The molecule has 0 fully saturated rings. The summed E-state index contributed by atoms with van der Waals surface area (Å²) in [6, 6.07) is 11.1. The van der Waals surface area contributed by atoms with Crippen LogP contribution >= 0.6 is 0 Å². The Morgan fingerprint density at radius 3 is 2.70 bits per heavy atom. The third kappa shape index (κ3) is 3.42. The van der Waals surface area contributed by atoms with Crippen molar-refractivity contribution in [2.24, 2.45) is 0 Å². The number of nitrogens with one attached hydrogen (secondary N) is 1. The lowest BCUT2D eigenvalue weighted by atomic mass is 10.1. The van der Waals surface area contributed by atoms with Crippen molar-refractivity contribution >= 4 is 5.91 Å². The largest absolute Gasteiger partial charge is 0.433 e. The van der Waals surface area contributed by atoms with Gasteiger partial charge in [-0.15, -0.1) is 0 Å². The van der Waals surface area contributed by atoms with Crippen molar-refractivity contribution in [2.75, 3.05) is 0 Å². The van der Waals surface area contributed by atoms with Crippen LogP contribution in [0.15, 0.2) is 54.9 Å². The van der Waals surface area contributed by atoms with E-state index in [1.165, 1.54) is 10.7 Å². The SMILES string of the molecule is O=C(NC1CCc2nn(-c3ccnc(C(F)(F)F)c3)cc21)c1ccccc1. The molecule has 8 heteroatoms. The van der Waals surface area contributed by atoms with Crippen molar-refractivity contribution < 1.29 is 18.0 Å². The summed E-state index contributed by atoms with van der Waals surface area (Å²) in [5.41, 5.74) is 1.47. The number of alkyl halides is 3. The lowest BCUT2D eigenvalue weighted by Gasteiger charge is -2.13. The van der Waals surface area contributed by atoms with E-state index < -0.39 is 11.9 Å². The summed E-state index contributed by atoms with van der Waals surface area (Å²) >= 11 is 0. The molecular formula is C19H15F3N4O. The number of benzene rings is 1. The van der Waals surface area contributed by atoms with Gasteiger partial charge in [0.1, 0.15) is 5.69 Å². The molecule has 4 rings (SSSR count). The first-order valence-electron chi connectivity index (χ1n) is 8.40. The molecule has 2 heterocycles. The number of fused-ring (bicyclic) bond motifs is 1. The van der Waals surface area contributed by atoms with Crippen LogP contribution in [0.4, 0.5) is 13.2 Å². The lowest BCUT2D eigenvalue weighted by Crippen LogP contribution is -2.27. The van der Waals surface area contributed by atoms with E-state index in [9.17, 15) is 18.0 Å². The number of pyridine rings is 1. The molecule has 3 aromatic rings. The maximum atomic E-state index is 12.9. The monoisotopic (exact) mass is 372 g/mol. The molecule has 1 N–H and O–H groups in total. The van der Waals surface area contributed by atoms with E-state index in [0.717, 1.165) is 23.5 Å². The zero-order valence-corrected chi connectivity index (χ0v) is 14.1. The van der Waals surface area contributed by atoms with Crippen molar-refractivity contribution in [3.8, 4) is 5.69 Å². The fraction of sp³-hybridized carbons (Fsp3) is 0.211. The molecule has 0 saturated heterocycles. The minimum absolute atomic E-state index is 0.190. The number of aromatic nitrogens is 3. The molecular weight excluding hydrogens is 357 g/mol. The molecule has 2 aromatic heterocycles. The van der Waals surface area contributed by atoms with E-state index in [1.54, 1.807) is 30.5 Å². The number of halogens is 3. The Kier molecular flexibility index (Phi) is 4.18. The van der Waals surface area contributed by atoms with Crippen molar-refractivity contribution in [1.29, 1.82) is 0 Å². The van der Waals surface area contributed by atoms with Crippen LogP contribution in [0.1, 0.15) is 39.8 Å². The number of hydrogen-bond donors (Lipinski definition) is 1. The van der Waals surface area contributed by atoms with Crippen LogP contribution in [-0.2, 0) is 12.6 Å². The summed E-state index contributed by atoms with van der Waals surface area (Å²) in [4.78, 5) is 15.7. The van der Waals surface area contributed by atoms with E-state index in [0.29, 0.717) is 18.4 Å². The first kappa shape index (κ1) is 17.3. The Morgan fingerprint density at radius 1 is 1.19 bits per heavy atom. The third-order valence-corrected chi connectivity index (χ3v) is 4.51. The van der Waals surface area contributed by atoms with E-state index in [1.807, 2.05) is 6.07 Å². The van der Waals surface area contributed by atoms with Crippen LogP contribution in [0.5, 0.6) is 0 Å².